The van der Waals surface area contributed by atoms with Gasteiger partial charge in [0.05, 0.1) is 4.99 Å². The Labute approximate surface area is 108 Å². The largest absolute Gasteiger partial charge is 0.393 e. The van der Waals surface area contributed by atoms with E-state index in [1.807, 2.05) is 20.0 Å². The Morgan fingerprint density at radius 3 is 2.71 bits per heavy atom. The van der Waals surface area contributed by atoms with E-state index in [4.69, 9.17) is 18.0 Å². The van der Waals surface area contributed by atoms with Gasteiger partial charge in [-0.05, 0) is 44.2 Å². The molecule has 1 atom stereocenters. The number of benzene rings is 1. The summed E-state index contributed by atoms with van der Waals surface area (Å²) in [5, 5.41) is 0. The molecule has 0 aliphatic heterocycles. The monoisotopic (exact) mass is 254 g/mol. The van der Waals surface area contributed by atoms with E-state index in [9.17, 15) is 4.39 Å². The number of hydrogen-bond acceptors (Lipinski definition) is 2. The van der Waals surface area contributed by atoms with Gasteiger partial charge in [0, 0.05) is 19.0 Å². The number of rotatable bonds is 5. The van der Waals surface area contributed by atoms with Gasteiger partial charge in [0.1, 0.15) is 5.82 Å². The van der Waals surface area contributed by atoms with Gasteiger partial charge < -0.3 is 5.73 Å². The van der Waals surface area contributed by atoms with E-state index in [0.29, 0.717) is 11.4 Å². The summed E-state index contributed by atoms with van der Waals surface area (Å²) in [6, 6.07) is 5.17. The zero-order valence-electron chi connectivity index (χ0n) is 10.5. The van der Waals surface area contributed by atoms with Crippen LogP contribution in [0.5, 0.6) is 0 Å². The van der Waals surface area contributed by atoms with Crippen LogP contribution in [0.1, 0.15) is 24.5 Å². The minimum Gasteiger partial charge on any atom is -0.393 e. The van der Waals surface area contributed by atoms with Gasteiger partial charge in [-0.1, -0.05) is 18.3 Å². The van der Waals surface area contributed by atoms with Gasteiger partial charge in [-0.25, -0.2) is 4.39 Å². The highest BCUT2D eigenvalue weighted by Crippen LogP contribution is 2.14. The zero-order chi connectivity index (χ0) is 13.0. The fourth-order valence-corrected chi connectivity index (χ4v) is 1.95. The normalized spacial score (nSPS) is 12.8. The first-order valence-corrected chi connectivity index (χ1v) is 6.04. The van der Waals surface area contributed by atoms with Crippen molar-refractivity contribution in [2.24, 2.45) is 5.73 Å². The molecule has 4 heteroatoms. The molecule has 0 bridgehead atoms. The number of hydrogen-bond donors (Lipinski definition) is 1. The minimum atomic E-state index is -0.190. The lowest BCUT2D eigenvalue weighted by Gasteiger charge is -2.25. The van der Waals surface area contributed by atoms with Crippen LogP contribution in [0.25, 0.3) is 0 Å². The second-order valence-electron chi connectivity index (χ2n) is 4.51. The van der Waals surface area contributed by atoms with Crippen LogP contribution in [0.4, 0.5) is 4.39 Å². The van der Waals surface area contributed by atoms with E-state index in [2.05, 4.69) is 11.8 Å². The maximum Gasteiger partial charge on any atom is 0.123 e. The van der Waals surface area contributed by atoms with Crippen molar-refractivity contribution in [3.63, 3.8) is 0 Å². The Balaban J connectivity index is 2.67. The maximum absolute atomic E-state index is 13.0. The molecule has 0 amide bonds. The van der Waals surface area contributed by atoms with Gasteiger partial charge >= 0.3 is 0 Å². The summed E-state index contributed by atoms with van der Waals surface area (Å²) in [5.74, 6) is -0.190. The molecule has 0 saturated heterocycles. The highest BCUT2D eigenvalue weighted by molar-refractivity contribution is 7.80. The Bertz CT molecular complexity index is 406. The molecule has 0 radical (unpaired) electrons. The third-order valence-electron chi connectivity index (χ3n) is 2.97. The van der Waals surface area contributed by atoms with Crippen LogP contribution in [0.15, 0.2) is 18.2 Å². The average molecular weight is 254 g/mol. The Morgan fingerprint density at radius 1 is 1.53 bits per heavy atom. The van der Waals surface area contributed by atoms with Gasteiger partial charge in [-0.3, -0.25) is 4.90 Å². The third kappa shape index (κ3) is 4.40. The Kier molecular flexibility index (Phi) is 5.02. The zero-order valence-corrected chi connectivity index (χ0v) is 11.4. The van der Waals surface area contributed by atoms with Gasteiger partial charge in [0.15, 0.2) is 0 Å². The Morgan fingerprint density at radius 2 is 2.18 bits per heavy atom. The second-order valence-corrected chi connectivity index (χ2v) is 5.03. The summed E-state index contributed by atoms with van der Waals surface area (Å²) in [6.45, 7) is 4.78. The van der Waals surface area contributed by atoms with E-state index in [1.165, 1.54) is 6.07 Å². The van der Waals surface area contributed by atoms with Crippen LogP contribution >= 0.6 is 12.2 Å². The standard InChI is InChI=1S/C13H19FN2S/c1-9-6-12(14)5-4-11(9)8-16(3)10(2)7-13(15)17/h4-6,10H,7-8H2,1-3H3,(H2,15,17). The van der Waals surface area contributed by atoms with Crippen LogP contribution in [0.2, 0.25) is 0 Å². The van der Waals surface area contributed by atoms with Crippen molar-refractivity contribution in [1.29, 1.82) is 0 Å². The van der Waals surface area contributed by atoms with E-state index in [-0.39, 0.29) is 11.9 Å². The summed E-state index contributed by atoms with van der Waals surface area (Å²) in [4.78, 5) is 2.69. The molecule has 0 aromatic heterocycles. The molecule has 1 aromatic carbocycles. The molecule has 0 aliphatic carbocycles. The third-order valence-corrected chi connectivity index (χ3v) is 3.14. The van der Waals surface area contributed by atoms with Crippen molar-refractivity contribution in [1.82, 2.24) is 4.90 Å². The number of nitrogens with two attached hydrogens (primary N) is 1. The highest BCUT2D eigenvalue weighted by atomic mass is 32.1. The molecule has 1 rings (SSSR count). The van der Waals surface area contributed by atoms with Crippen molar-refractivity contribution in [2.75, 3.05) is 7.05 Å². The van der Waals surface area contributed by atoms with Crippen LogP contribution in [-0.4, -0.2) is 23.0 Å². The van der Waals surface area contributed by atoms with Crippen molar-refractivity contribution in [3.8, 4) is 0 Å². The summed E-state index contributed by atoms with van der Waals surface area (Å²) >= 11 is 4.90. The molecular weight excluding hydrogens is 235 g/mol. The number of nitrogens with zero attached hydrogens (tertiary/aromatic N) is 1. The first kappa shape index (κ1) is 14.1. The topological polar surface area (TPSA) is 29.3 Å². The average Bonchev–Trinajstić information content (AvgIpc) is 2.21. The first-order valence-electron chi connectivity index (χ1n) is 5.63. The quantitative estimate of drug-likeness (QED) is 0.819. The molecule has 2 nitrogen and oxygen atoms in total. The predicted octanol–water partition coefficient (Wildman–Crippen LogP) is 2.63. The van der Waals surface area contributed by atoms with Crippen molar-refractivity contribution < 1.29 is 4.39 Å². The molecule has 2 N–H and O–H groups in total. The molecule has 0 saturated carbocycles. The van der Waals surface area contributed by atoms with E-state index in [1.54, 1.807) is 6.07 Å². The van der Waals surface area contributed by atoms with Gasteiger partial charge in [0.2, 0.25) is 0 Å². The van der Waals surface area contributed by atoms with Gasteiger partial charge in [0.25, 0.3) is 0 Å². The fraction of sp³-hybridized carbons (Fsp3) is 0.462. The van der Waals surface area contributed by atoms with Gasteiger partial charge in [-0.15, -0.1) is 0 Å². The highest BCUT2D eigenvalue weighted by Gasteiger charge is 2.11. The summed E-state index contributed by atoms with van der Waals surface area (Å²) < 4.78 is 13.0. The second kappa shape index (κ2) is 6.07. The molecule has 1 aromatic rings. The predicted molar refractivity (Wildman–Crippen MR) is 73.5 cm³/mol. The first-order chi connectivity index (χ1) is 7.90. The van der Waals surface area contributed by atoms with Crippen LogP contribution in [-0.2, 0) is 6.54 Å². The molecule has 0 aliphatic rings. The fourth-order valence-electron chi connectivity index (χ4n) is 1.71. The SMILES string of the molecule is Cc1cc(F)ccc1CN(C)C(C)CC(N)=S. The van der Waals surface area contributed by atoms with Gasteiger partial charge in [-0.2, -0.15) is 0 Å². The molecule has 0 spiro atoms. The van der Waals surface area contributed by atoms with Crippen molar-refractivity contribution in [2.45, 2.75) is 32.9 Å². The van der Waals surface area contributed by atoms with E-state index in [0.717, 1.165) is 17.7 Å². The number of halogens is 1. The number of thiocarbonyl (C=S) groups is 1. The molecule has 0 fully saturated rings. The van der Waals surface area contributed by atoms with Crippen molar-refractivity contribution in [3.05, 3.63) is 35.1 Å². The van der Waals surface area contributed by atoms with Crippen LogP contribution in [0, 0.1) is 12.7 Å². The number of aryl methyl sites for hydroxylation is 1. The van der Waals surface area contributed by atoms with Crippen LogP contribution < -0.4 is 5.73 Å². The summed E-state index contributed by atoms with van der Waals surface area (Å²) in [6.07, 6.45) is 0.700. The molecular formula is C13H19FN2S. The lowest BCUT2D eigenvalue weighted by atomic mass is 10.1. The molecule has 1 unspecified atom stereocenters. The van der Waals surface area contributed by atoms with E-state index < -0.39 is 0 Å². The Hall–Kier alpha value is -1.00. The minimum absolute atomic E-state index is 0.190. The lowest BCUT2D eigenvalue weighted by molar-refractivity contribution is 0.254. The maximum atomic E-state index is 13.0. The van der Waals surface area contributed by atoms with Crippen LogP contribution in [0.3, 0.4) is 0 Å². The molecule has 17 heavy (non-hydrogen) atoms. The molecule has 94 valence electrons. The lowest BCUT2D eigenvalue weighted by Crippen LogP contribution is -2.32. The summed E-state index contributed by atoms with van der Waals surface area (Å²) in [5.41, 5.74) is 7.63. The molecule has 0 heterocycles. The smallest absolute Gasteiger partial charge is 0.123 e. The van der Waals surface area contributed by atoms with Crippen molar-refractivity contribution >= 4 is 17.2 Å². The van der Waals surface area contributed by atoms with E-state index >= 15 is 0 Å². The summed E-state index contributed by atoms with van der Waals surface area (Å²) in [7, 11) is 2.02.